The summed E-state index contributed by atoms with van der Waals surface area (Å²) in [6.07, 6.45) is 1.76. The van der Waals surface area contributed by atoms with E-state index in [1.165, 1.54) is 5.56 Å². The number of halogens is 1. The van der Waals surface area contributed by atoms with E-state index in [9.17, 15) is 0 Å². The lowest BCUT2D eigenvalue weighted by molar-refractivity contribution is 1.05. The number of hydrogen-bond donors (Lipinski definition) is 0. The number of aromatic nitrogens is 1. The lowest BCUT2D eigenvalue weighted by Gasteiger charge is -2.07. The maximum atomic E-state index is 5.82. The number of pyridine rings is 1. The third kappa shape index (κ3) is 6.70. The molecule has 0 spiro atoms. The van der Waals surface area contributed by atoms with Crippen molar-refractivity contribution in [1.82, 2.24) is 4.98 Å². The van der Waals surface area contributed by atoms with Crippen LogP contribution < -0.4 is 0 Å². The highest BCUT2D eigenvalue weighted by Gasteiger charge is 2.06. The van der Waals surface area contributed by atoms with Crippen LogP contribution in [0.25, 0.3) is 0 Å². The van der Waals surface area contributed by atoms with Gasteiger partial charge in [-0.25, -0.2) is 4.98 Å². The number of aliphatic imine (C=N–C) groups is 1. The molecule has 4 rings (SSSR count). The number of hydrogen-bond acceptors (Lipinski definition) is 2. The van der Waals surface area contributed by atoms with Crippen LogP contribution in [0.15, 0.2) is 114 Å². The lowest BCUT2D eigenvalue weighted by Crippen LogP contribution is -2.04. The molecule has 0 aliphatic heterocycles. The van der Waals surface area contributed by atoms with Crippen molar-refractivity contribution in [3.8, 4) is 0 Å². The summed E-state index contributed by atoms with van der Waals surface area (Å²) in [6.45, 7) is 2.66. The second-order valence-corrected chi connectivity index (χ2v) is 6.93. The molecule has 0 aliphatic carbocycles. The van der Waals surface area contributed by atoms with Gasteiger partial charge in [-0.15, -0.1) is 0 Å². The lowest BCUT2D eigenvalue weighted by atomic mass is 10.0. The van der Waals surface area contributed by atoms with Gasteiger partial charge in [-0.05, 0) is 18.6 Å². The van der Waals surface area contributed by atoms with Crippen LogP contribution in [0, 0.1) is 6.92 Å². The van der Waals surface area contributed by atoms with E-state index in [1.807, 2.05) is 60.7 Å². The summed E-state index contributed by atoms with van der Waals surface area (Å²) in [6, 6.07) is 34.4. The molecular formula is C26H23ClN2. The van der Waals surface area contributed by atoms with Crippen molar-refractivity contribution in [2.75, 3.05) is 0 Å². The molecular weight excluding hydrogens is 376 g/mol. The van der Waals surface area contributed by atoms with E-state index >= 15 is 0 Å². The molecule has 0 saturated carbocycles. The van der Waals surface area contributed by atoms with Crippen LogP contribution in [-0.4, -0.2) is 10.7 Å². The molecule has 144 valence electrons. The Bertz CT molecular complexity index is 971. The van der Waals surface area contributed by atoms with Crippen molar-refractivity contribution < 1.29 is 0 Å². The molecule has 3 aromatic carbocycles. The molecule has 1 heterocycles. The van der Waals surface area contributed by atoms with E-state index in [0.29, 0.717) is 11.7 Å². The van der Waals surface area contributed by atoms with Crippen molar-refractivity contribution >= 4 is 17.3 Å². The molecule has 0 atom stereocenters. The van der Waals surface area contributed by atoms with Gasteiger partial charge >= 0.3 is 0 Å². The van der Waals surface area contributed by atoms with Crippen LogP contribution in [0.1, 0.15) is 22.3 Å². The maximum Gasteiger partial charge on any atom is 0.129 e. The molecule has 4 aromatic rings. The quantitative estimate of drug-likeness (QED) is 0.275. The summed E-state index contributed by atoms with van der Waals surface area (Å²) < 4.78 is 0. The van der Waals surface area contributed by atoms with Crippen LogP contribution >= 0.6 is 11.6 Å². The monoisotopic (exact) mass is 398 g/mol. The number of rotatable bonds is 4. The van der Waals surface area contributed by atoms with Gasteiger partial charge in [-0.2, -0.15) is 0 Å². The summed E-state index contributed by atoms with van der Waals surface area (Å²) in [5, 5.41) is 0.499. The smallest absolute Gasteiger partial charge is 0.129 e. The van der Waals surface area contributed by atoms with Crippen molar-refractivity contribution in [2.45, 2.75) is 13.5 Å². The number of nitrogens with zero attached hydrogens (tertiary/aromatic N) is 2. The van der Waals surface area contributed by atoms with E-state index in [2.05, 4.69) is 48.3 Å². The number of aryl methyl sites for hydroxylation is 1. The second-order valence-electron chi connectivity index (χ2n) is 6.54. The Morgan fingerprint density at radius 1 is 0.724 bits per heavy atom. The first-order valence-corrected chi connectivity index (χ1v) is 9.87. The fraction of sp³-hybridized carbons (Fsp3) is 0.0769. The van der Waals surface area contributed by atoms with Crippen LogP contribution in [0.5, 0.6) is 0 Å². The van der Waals surface area contributed by atoms with E-state index in [4.69, 9.17) is 16.6 Å². The van der Waals surface area contributed by atoms with Crippen LogP contribution in [0.3, 0.4) is 0 Å². The van der Waals surface area contributed by atoms with Gasteiger partial charge in [0, 0.05) is 17.3 Å². The van der Waals surface area contributed by atoms with Crippen molar-refractivity contribution in [3.63, 3.8) is 0 Å². The fourth-order valence-corrected chi connectivity index (χ4v) is 2.86. The Hall–Kier alpha value is -3.23. The normalized spacial score (nSPS) is 9.86. The molecule has 0 amide bonds. The molecule has 2 nitrogen and oxygen atoms in total. The summed E-state index contributed by atoms with van der Waals surface area (Å²) in [5.41, 5.74) is 5.55. The largest absolute Gasteiger partial charge is 0.279 e. The summed E-state index contributed by atoms with van der Waals surface area (Å²) in [7, 11) is 0. The van der Waals surface area contributed by atoms with Gasteiger partial charge in [0.05, 0.1) is 12.3 Å². The Morgan fingerprint density at radius 3 is 1.66 bits per heavy atom. The third-order valence-electron chi connectivity index (χ3n) is 4.24. The minimum atomic E-state index is 0.499. The minimum absolute atomic E-state index is 0.499. The zero-order chi connectivity index (χ0) is 20.3. The van der Waals surface area contributed by atoms with E-state index < -0.39 is 0 Å². The Kier molecular flexibility index (Phi) is 7.73. The van der Waals surface area contributed by atoms with E-state index in [1.54, 1.807) is 12.3 Å². The highest BCUT2D eigenvalue weighted by molar-refractivity contribution is 6.29. The van der Waals surface area contributed by atoms with Crippen molar-refractivity contribution in [2.24, 2.45) is 4.99 Å². The molecule has 0 saturated heterocycles. The summed E-state index contributed by atoms with van der Waals surface area (Å²) in [4.78, 5) is 8.90. The van der Waals surface area contributed by atoms with Crippen LogP contribution in [0.2, 0.25) is 5.15 Å². The molecule has 0 aliphatic rings. The van der Waals surface area contributed by atoms with Gasteiger partial charge < -0.3 is 0 Å². The highest BCUT2D eigenvalue weighted by atomic mass is 35.5. The topological polar surface area (TPSA) is 25.2 Å². The molecule has 0 N–H and O–H groups in total. The molecule has 0 radical (unpaired) electrons. The zero-order valence-electron chi connectivity index (χ0n) is 16.4. The molecule has 0 bridgehead atoms. The minimum Gasteiger partial charge on any atom is -0.279 e. The first-order valence-electron chi connectivity index (χ1n) is 9.50. The second kappa shape index (κ2) is 10.9. The summed E-state index contributed by atoms with van der Waals surface area (Å²) >= 11 is 5.82. The van der Waals surface area contributed by atoms with Gasteiger partial charge in [-0.3, -0.25) is 4.99 Å². The van der Waals surface area contributed by atoms with Gasteiger partial charge in [0.2, 0.25) is 0 Å². The first-order chi connectivity index (χ1) is 14.2. The van der Waals surface area contributed by atoms with Crippen LogP contribution in [0.4, 0.5) is 0 Å². The SMILES string of the molecule is Cc1ccccc1.Clc1ccc(CN=C(c2ccccc2)c2ccccc2)cn1. The van der Waals surface area contributed by atoms with Crippen molar-refractivity contribution in [1.29, 1.82) is 0 Å². The van der Waals surface area contributed by atoms with Crippen molar-refractivity contribution in [3.05, 3.63) is 137 Å². The molecule has 1 aromatic heterocycles. The predicted octanol–water partition coefficient (Wildman–Crippen LogP) is 6.77. The molecule has 0 unspecified atom stereocenters. The number of benzene rings is 3. The highest BCUT2D eigenvalue weighted by Crippen LogP contribution is 2.13. The fourth-order valence-electron chi connectivity index (χ4n) is 2.75. The van der Waals surface area contributed by atoms with Gasteiger partial charge in [0.1, 0.15) is 5.15 Å². The van der Waals surface area contributed by atoms with Gasteiger partial charge in [0.15, 0.2) is 0 Å². The standard InChI is InChI=1S/C19H15ClN2.C7H8/c20-18-12-11-15(13-21-18)14-22-19(16-7-3-1-4-8-16)17-9-5-2-6-10-17;1-7-5-3-2-4-6-7/h1-13H,14H2;2-6H,1H3. The van der Waals surface area contributed by atoms with E-state index in [0.717, 1.165) is 22.4 Å². The molecule has 0 fully saturated rings. The van der Waals surface area contributed by atoms with Gasteiger partial charge in [0.25, 0.3) is 0 Å². The predicted molar refractivity (Wildman–Crippen MR) is 123 cm³/mol. The third-order valence-corrected chi connectivity index (χ3v) is 4.47. The Labute approximate surface area is 177 Å². The maximum absolute atomic E-state index is 5.82. The zero-order valence-corrected chi connectivity index (χ0v) is 17.1. The van der Waals surface area contributed by atoms with E-state index in [-0.39, 0.29) is 0 Å². The Balaban J connectivity index is 0.000000290. The first kappa shape index (κ1) is 20.5. The van der Waals surface area contributed by atoms with Crippen LogP contribution in [-0.2, 0) is 6.54 Å². The van der Waals surface area contributed by atoms with Gasteiger partial charge in [-0.1, -0.05) is 114 Å². The summed E-state index contributed by atoms with van der Waals surface area (Å²) in [5.74, 6) is 0. The molecule has 3 heteroatoms. The average Bonchev–Trinajstić information content (AvgIpc) is 2.78. The average molecular weight is 399 g/mol. The molecule has 29 heavy (non-hydrogen) atoms. The Morgan fingerprint density at radius 2 is 1.24 bits per heavy atom.